The number of rotatable bonds is 11. The molecule has 0 aliphatic heterocycles. The van der Waals surface area contributed by atoms with E-state index in [1.165, 1.54) is 37.0 Å². The molecule has 0 saturated carbocycles. The Morgan fingerprint density at radius 2 is 1.00 bits per heavy atom. The van der Waals surface area contributed by atoms with Gasteiger partial charge in [-0.15, -0.1) is 13.2 Å². The molecule has 0 aromatic heterocycles. The predicted molar refractivity (Wildman–Crippen MR) is 111 cm³/mol. The normalized spacial score (nSPS) is 14.1. The van der Waals surface area contributed by atoms with Gasteiger partial charge in [0, 0.05) is 0 Å². The van der Waals surface area contributed by atoms with Crippen molar-refractivity contribution in [2.24, 2.45) is 0 Å². The van der Waals surface area contributed by atoms with E-state index in [0.29, 0.717) is 0 Å². The third-order valence-corrected chi connectivity index (χ3v) is 9.72. The molecule has 0 bridgehead atoms. The summed E-state index contributed by atoms with van der Waals surface area (Å²) in [5.41, 5.74) is 3.11. The smallest absolute Gasteiger partial charge is 0.0548 e. The van der Waals surface area contributed by atoms with E-state index < -0.39 is 16.1 Å². The highest BCUT2D eigenvalue weighted by atomic mass is 28.3. The van der Waals surface area contributed by atoms with Crippen LogP contribution in [0.5, 0.6) is 0 Å². The Morgan fingerprint density at radius 3 is 1.27 bits per heavy atom. The molecule has 0 unspecified atom stereocenters. The molecule has 0 rings (SSSR count). The average Bonchev–Trinajstić information content (AvgIpc) is 2.41. The van der Waals surface area contributed by atoms with Crippen LogP contribution in [0.1, 0.15) is 26.7 Å². The molecule has 0 N–H and O–H groups in total. The lowest BCUT2D eigenvalue weighted by molar-refractivity contribution is 0.917. The third kappa shape index (κ3) is 11.0. The zero-order chi connectivity index (χ0) is 17.2. The van der Waals surface area contributed by atoms with Crippen LogP contribution in [0.3, 0.4) is 0 Å². The van der Waals surface area contributed by atoms with Crippen LogP contribution in [0, 0.1) is 0 Å². The van der Waals surface area contributed by atoms with Crippen molar-refractivity contribution in [3.05, 3.63) is 48.6 Å². The van der Waals surface area contributed by atoms with Gasteiger partial charge in [0.2, 0.25) is 0 Å². The Morgan fingerprint density at radius 1 is 0.682 bits per heavy atom. The molecule has 0 nitrogen and oxygen atoms in total. The van der Waals surface area contributed by atoms with Gasteiger partial charge in [0.25, 0.3) is 0 Å². The topological polar surface area (TPSA) is 0 Å². The summed E-state index contributed by atoms with van der Waals surface area (Å²) >= 11 is 0. The van der Waals surface area contributed by atoms with Gasteiger partial charge in [0.05, 0.1) is 16.1 Å². The van der Waals surface area contributed by atoms with Crippen molar-refractivity contribution in [1.82, 2.24) is 0 Å². The van der Waals surface area contributed by atoms with E-state index in [1.54, 1.807) is 11.1 Å². The minimum Gasteiger partial charge on any atom is -0.103 e. The summed E-state index contributed by atoms with van der Waals surface area (Å²) in [7, 11) is -2.17. The van der Waals surface area contributed by atoms with E-state index in [-0.39, 0.29) is 0 Å². The lowest BCUT2D eigenvalue weighted by Crippen LogP contribution is -2.22. The number of hydrogen-bond acceptors (Lipinski definition) is 0. The number of hydrogen-bond donors (Lipinski definition) is 0. The average molecular weight is 335 g/mol. The first-order chi connectivity index (χ1) is 10.1. The Kier molecular flexibility index (Phi) is 9.94. The molecule has 2 heteroatoms. The summed E-state index contributed by atoms with van der Waals surface area (Å²) in [6.07, 6.45) is 11.6. The van der Waals surface area contributed by atoms with Gasteiger partial charge in [-0.05, 0) is 50.9 Å². The first-order valence-corrected chi connectivity index (χ1v) is 15.5. The van der Waals surface area contributed by atoms with Gasteiger partial charge in [0.1, 0.15) is 0 Å². The first kappa shape index (κ1) is 21.4. The summed E-state index contributed by atoms with van der Waals surface area (Å²) in [6.45, 7) is 22.2. The van der Waals surface area contributed by atoms with Crippen LogP contribution in [0.2, 0.25) is 50.4 Å². The zero-order valence-electron chi connectivity index (χ0n) is 16.0. The third-order valence-electron chi connectivity index (χ3n) is 4.31. The van der Waals surface area contributed by atoms with Crippen molar-refractivity contribution < 1.29 is 0 Å². The zero-order valence-corrected chi connectivity index (χ0v) is 18.0. The second-order valence-corrected chi connectivity index (χ2v) is 18.6. The molecule has 0 radical (unpaired) electrons. The SMILES string of the molecule is C=CC[Si](C)(C)CC=C(C)CCC(C)=CC[Si](C)(C)CC=C. The fourth-order valence-corrected chi connectivity index (χ4v) is 6.15. The maximum absolute atomic E-state index is 3.89. The molecule has 22 heavy (non-hydrogen) atoms. The standard InChI is InChI=1S/C20H38Si2/c1-9-15-21(5,6)17-13-19(3)11-12-20(4)14-18-22(7,8)16-10-2/h9-10,13-14H,1-2,11-12,15-18H2,3-8H3. The van der Waals surface area contributed by atoms with Crippen molar-refractivity contribution in [2.75, 3.05) is 0 Å². The first-order valence-electron chi connectivity index (χ1n) is 8.65. The van der Waals surface area contributed by atoms with Crippen molar-refractivity contribution in [1.29, 1.82) is 0 Å². The van der Waals surface area contributed by atoms with E-state index in [2.05, 4.69) is 77.5 Å². The molecule has 0 saturated heterocycles. The second kappa shape index (κ2) is 10.2. The van der Waals surface area contributed by atoms with Crippen LogP contribution in [0.25, 0.3) is 0 Å². The quantitative estimate of drug-likeness (QED) is 0.272. The predicted octanol–water partition coefficient (Wildman–Crippen LogP) is 7.45. The van der Waals surface area contributed by atoms with E-state index in [4.69, 9.17) is 0 Å². The van der Waals surface area contributed by atoms with Gasteiger partial charge in [-0.1, -0.05) is 61.6 Å². The highest BCUT2D eigenvalue weighted by Crippen LogP contribution is 2.21. The molecular formula is C20H38Si2. The molecule has 0 heterocycles. The lowest BCUT2D eigenvalue weighted by Gasteiger charge is -2.19. The summed E-state index contributed by atoms with van der Waals surface area (Å²) < 4.78 is 0. The molecule has 0 aliphatic rings. The van der Waals surface area contributed by atoms with Gasteiger partial charge in [-0.2, -0.15) is 0 Å². The fourth-order valence-electron chi connectivity index (χ4n) is 2.45. The van der Waals surface area contributed by atoms with Crippen molar-refractivity contribution >= 4 is 16.1 Å². The molecule has 0 aromatic carbocycles. The molecule has 0 aliphatic carbocycles. The van der Waals surface area contributed by atoms with Crippen LogP contribution < -0.4 is 0 Å². The summed E-state index contributed by atoms with van der Waals surface area (Å²) in [6, 6.07) is 5.01. The van der Waals surface area contributed by atoms with Gasteiger partial charge < -0.3 is 0 Å². The molecule has 126 valence electrons. The maximum Gasteiger partial charge on any atom is 0.0548 e. The van der Waals surface area contributed by atoms with E-state index in [9.17, 15) is 0 Å². The Hall–Kier alpha value is -0.606. The van der Waals surface area contributed by atoms with E-state index >= 15 is 0 Å². The maximum atomic E-state index is 3.89. The minimum absolute atomic E-state index is 1.08. The highest BCUT2D eigenvalue weighted by Gasteiger charge is 2.17. The highest BCUT2D eigenvalue weighted by molar-refractivity contribution is 6.78. The largest absolute Gasteiger partial charge is 0.103 e. The molecule has 0 spiro atoms. The molecule has 0 atom stereocenters. The summed E-state index contributed by atoms with van der Waals surface area (Å²) in [5, 5.41) is 0. The minimum atomic E-state index is -1.08. The number of allylic oxidation sites excluding steroid dienone is 6. The van der Waals surface area contributed by atoms with Crippen molar-refractivity contribution in [2.45, 2.75) is 77.1 Å². The van der Waals surface area contributed by atoms with Crippen LogP contribution in [0.4, 0.5) is 0 Å². The van der Waals surface area contributed by atoms with Gasteiger partial charge in [0.15, 0.2) is 0 Å². The lowest BCUT2D eigenvalue weighted by atomic mass is 10.1. The summed E-state index contributed by atoms with van der Waals surface area (Å²) in [5.74, 6) is 0. The Labute approximate surface area is 142 Å². The van der Waals surface area contributed by atoms with Crippen LogP contribution in [-0.2, 0) is 0 Å². The van der Waals surface area contributed by atoms with Crippen LogP contribution >= 0.6 is 0 Å². The van der Waals surface area contributed by atoms with Gasteiger partial charge in [-0.25, -0.2) is 0 Å². The summed E-state index contributed by atoms with van der Waals surface area (Å²) in [4.78, 5) is 0. The fraction of sp³-hybridized carbons (Fsp3) is 0.600. The second-order valence-electron chi connectivity index (χ2n) is 8.32. The van der Waals surface area contributed by atoms with Crippen LogP contribution in [0.15, 0.2) is 48.6 Å². The van der Waals surface area contributed by atoms with Crippen LogP contribution in [-0.4, -0.2) is 16.1 Å². The molecular weight excluding hydrogens is 296 g/mol. The van der Waals surface area contributed by atoms with E-state index in [1.807, 2.05) is 0 Å². The van der Waals surface area contributed by atoms with Crippen molar-refractivity contribution in [3.8, 4) is 0 Å². The Balaban J connectivity index is 4.31. The van der Waals surface area contributed by atoms with Crippen molar-refractivity contribution in [3.63, 3.8) is 0 Å². The monoisotopic (exact) mass is 334 g/mol. The molecule has 0 aromatic rings. The van der Waals surface area contributed by atoms with Gasteiger partial charge >= 0.3 is 0 Å². The van der Waals surface area contributed by atoms with Gasteiger partial charge in [-0.3, -0.25) is 0 Å². The molecule has 0 fully saturated rings. The molecule has 0 amide bonds. The van der Waals surface area contributed by atoms with E-state index in [0.717, 1.165) is 0 Å². The Bertz CT molecular complexity index is 371.